The summed E-state index contributed by atoms with van der Waals surface area (Å²) in [7, 11) is 0. The molecule has 0 saturated carbocycles. The number of pyridine rings is 1. The summed E-state index contributed by atoms with van der Waals surface area (Å²) in [5.41, 5.74) is 1.13. The van der Waals surface area contributed by atoms with Crippen LogP contribution in [0.5, 0.6) is 0 Å². The van der Waals surface area contributed by atoms with Gasteiger partial charge in [0.15, 0.2) is 11.3 Å². The number of aromatic nitrogens is 3. The van der Waals surface area contributed by atoms with Gasteiger partial charge in [-0.25, -0.2) is 9.97 Å². The molecule has 0 radical (unpaired) electrons. The van der Waals surface area contributed by atoms with Gasteiger partial charge >= 0.3 is 0 Å². The Morgan fingerprint density at radius 1 is 1.25 bits per heavy atom. The molecule has 0 aliphatic heterocycles. The van der Waals surface area contributed by atoms with Crippen molar-refractivity contribution in [3.8, 4) is 0 Å². The number of rotatable bonds is 2. The van der Waals surface area contributed by atoms with Crippen molar-refractivity contribution >= 4 is 33.2 Å². The first kappa shape index (κ1) is 13.3. The summed E-state index contributed by atoms with van der Waals surface area (Å²) in [5.74, 6) is 0.646. The van der Waals surface area contributed by atoms with E-state index in [1.807, 2.05) is 11.5 Å². The second-order valence-electron chi connectivity index (χ2n) is 4.60. The molecule has 0 aromatic carbocycles. The zero-order valence-electron chi connectivity index (χ0n) is 11.1. The normalized spacial score (nSPS) is 11.2. The maximum absolute atomic E-state index is 11.1. The minimum Gasteiger partial charge on any atom is -0.346 e. The van der Waals surface area contributed by atoms with Crippen LogP contribution < -0.4 is 5.43 Å². The van der Waals surface area contributed by atoms with E-state index in [0.717, 1.165) is 15.8 Å². The highest BCUT2D eigenvalue weighted by Gasteiger charge is 2.13. The molecule has 0 fully saturated rings. The first-order chi connectivity index (χ1) is 9.54. The average Bonchev–Trinajstić information content (AvgIpc) is 2.68. The molecule has 0 atom stereocenters. The summed E-state index contributed by atoms with van der Waals surface area (Å²) in [4.78, 5) is 22.1. The Morgan fingerprint density at radius 2 is 1.95 bits per heavy atom. The van der Waals surface area contributed by atoms with Crippen molar-refractivity contribution in [2.45, 2.75) is 20.4 Å². The van der Waals surface area contributed by atoms with Crippen molar-refractivity contribution in [3.05, 3.63) is 56.2 Å². The molecule has 0 spiro atoms. The van der Waals surface area contributed by atoms with E-state index in [-0.39, 0.29) is 5.43 Å². The zero-order chi connectivity index (χ0) is 14.3. The lowest BCUT2D eigenvalue weighted by Gasteiger charge is -2.05. The number of aryl methyl sites for hydroxylation is 2. The zero-order valence-corrected chi connectivity index (χ0v) is 12.6. The number of nitrogens with zero attached hydrogens (tertiary/aromatic N) is 3. The predicted molar refractivity (Wildman–Crippen MR) is 81.7 cm³/mol. The van der Waals surface area contributed by atoms with Crippen LogP contribution in [0.3, 0.4) is 0 Å². The van der Waals surface area contributed by atoms with Crippen molar-refractivity contribution in [2.75, 3.05) is 0 Å². The predicted octanol–water partition coefficient (Wildman–Crippen LogP) is 3.17. The molecule has 3 aromatic rings. The molecule has 0 N–H and O–H groups in total. The van der Waals surface area contributed by atoms with Crippen LogP contribution in [0.25, 0.3) is 10.2 Å². The molecule has 4 nitrogen and oxygen atoms in total. The van der Waals surface area contributed by atoms with Crippen molar-refractivity contribution in [1.82, 2.24) is 14.5 Å². The fraction of sp³-hybridized carbons (Fsp3) is 0.214. The molecular weight excluding hydrogens is 294 g/mol. The largest absolute Gasteiger partial charge is 0.346 e. The van der Waals surface area contributed by atoms with E-state index in [4.69, 9.17) is 11.6 Å². The fourth-order valence-corrected chi connectivity index (χ4v) is 3.46. The topological polar surface area (TPSA) is 47.8 Å². The molecule has 20 heavy (non-hydrogen) atoms. The van der Waals surface area contributed by atoms with Crippen molar-refractivity contribution in [3.63, 3.8) is 0 Å². The molecule has 6 heteroatoms. The van der Waals surface area contributed by atoms with E-state index in [1.54, 1.807) is 23.7 Å². The number of halogens is 1. The first-order valence-corrected chi connectivity index (χ1v) is 7.32. The summed E-state index contributed by atoms with van der Waals surface area (Å²) in [6.45, 7) is 4.58. The van der Waals surface area contributed by atoms with Crippen LogP contribution in [-0.2, 0) is 6.54 Å². The lowest BCUT2D eigenvalue weighted by molar-refractivity contribution is 0.743. The third-order valence-corrected chi connectivity index (χ3v) is 4.59. The monoisotopic (exact) mass is 305 g/mol. The lowest BCUT2D eigenvalue weighted by atomic mass is 10.2. The second kappa shape index (κ2) is 5.00. The number of thiophene rings is 1. The first-order valence-electron chi connectivity index (χ1n) is 6.13. The van der Waals surface area contributed by atoms with E-state index < -0.39 is 0 Å². The summed E-state index contributed by atoms with van der Waals surface area (Å²) in [6, 6.07) is 3.03. The van der Waals surface area contributed by atoms with Gasteiger partial charge in [-0.15, -0.1) is 11.3 Å². The fourth-order valence-electron chi connectivity index (χ4n) is 2.03. The third-order valence-electron chi connectivity index (χ3n) is 3.22. The van der Waals surface area contributed by atoms with E-state index in [9.17, 15) is 4.79 Å². The van der Waals surface area contributed by atoms with E-state index in [2.05, 4.69) is 16.9 Å². The van der Waals surface area contributed by atoms with Crippen molar-refractivity contribution in [1.29, 1.82) is 0 Å². The van der Waals surface area contributed by atoms with E-state index >= 15 is 0 Å². The Bertz CT molecular complexity index is 833. The van der Waals surface area contributed by atoms with Gasteiger partial charge in [-0.2, -0.15) is 0 Å². The van der Waals surface area contributed by atoms with Crippen LogP contribution in [0.15, 0.2) is 29.3 Å². The number of hydrogen-bond donors (Lipinski definition) is 0. The Kier molecular flexibility index (Phi) is 3.31. The highest BCUT2D eigenvalue weighted by molar-refractivity contribution is 7.18. The van der Waals surface area contributed by atoms with Gasteiger partial charge in [0.2, 0.25) is 0 Å². The van der Waals surface area contributed by atoms with Crippen LogP contribution in [-0.4, -0.2) is 14.5 Å². The van der Waals surface area contributed by atoms with Crippen LogP contribution >= 0.6 is 22.9 Å². The maximum Gasteiger partial charge on any atom is 0.181 e. The van der Waals surface area contributed by atoms with Crippen LogP contribution in [0, 0.1) is 13.8 Å². The standard InChI is InChI=1S/C14H12ClN3OS/c1-8-9(2)20-14-12(8)13(15)16-11(17-14)7-18-5-3-10(19)4-6-18/h3-6H,7H2,1-2H3. The summed E-state index contributed by atoms with van der Waals surface area (Å²) >= 11 is 7.89. The Morgan fingerprint density at radius 3 is 2.65 bits per heavy atom. The van der Waals surface area contributed by atoms with Gasteiger partial charge < -0.3 is 4.57 Å². The SMILES string of the molecule is Cc1sc2nc(Cn3ccc(=O)cc3)nc(Cl)c2c1C. The Balaban J connectivity index is 2.04. The van der Waals surface area contributed by atoms with Crippen molar-refractivity contribution < 1.29 is 0 Å². The lowest BCUT2D eigenvalue weighted by Crippen LogP contribution is -2.07. The summed E-state index contributed by atoms with van der Waals surface area (Å²) < 4.78 is 1.85. The van der Waals surface area contributed by atoms with Crippen LogP contribution in [0.2, 0.25) is 5.15 Å². The van der Waals surface area contributed by atoms with Crippen LogP contribution in [0.4, 0.5) is 0 Å². The van der Waals surface area contributed by atoms with E-state index in [0.29, 0.717) is 17.5 Å². The molecule has 0 aliphatic carbocycles. The molecule has 0 saturated heterocycles. The minimum absolute atomic E-state index is 0.0137. The molecule has 102 valence electrons. The Hall–Kier alpha value is -1.72. The van der Waals surface area contributed by atoms with Crippen molar-refractivity contribution in [2.24, 2.45) is 0 Å². The molecule has 3 rings (SSSR count). The Labute approximate surface area is 124 Å². The summed E-state index contributed by atoms with van der Waals surface area (Å²) in [5, 5.41) is 1.44. The van der Waals surface area contributed by atoms with E-state index in [1.165, 1.54) is 17.0 Å². The highest BCUT2D eigenvalue weighted by Crippen LogP contribution is 2.32. The molecule has 0 amide bonds. The quantitative estimate of drug-likeness (QED) is 0.683. The van der Waals surface area contributed by atoms with Gasteiger partial charge in [0.1, 0.15) is 9.98 Å². The van der Waals surface area contributed by atoms with Gasteiger partial charge in [0, 0.05) is 29.4 Å². The van der Waals surface area contributed by atoms with Gasteiger partial charge in [0.25, 0.3) is 0 Å². The van der Waals surface area contributed by atoms with Gasteiger partial charge in [0.05, 0.1) is 11.9 Å². The molecule has 0 aliphatic rings. The highest BCUT2D eigenvalue weighted by atomic mass is 35.5. The number of fused-ring (bicyclic) bond motifs is 1. The maximum atomic E-state index is 11.1. The van der Waals surface area contributed by atoms with Gasteiger partial charge in [-0.1, -0.05) is 11.6 Å². The molecule has 0 unspecified atom stereocenters. The molecule has 0 bridgehead atoms. The third kappa shape index (κ3) is 2.34. The van der Waals surface area contributed by atoms with Crippen LogP contribution in [0.1, 0.15) is 16.3 Å². The minimum atomic E-state index is -0.0137. The smallest absolute Gasteiger partial charge is 0.181 e. The van der Waals surface area contributed by atoms with Gasteiger partial charge in [-0.05, 0) is 19.4 Å². The average molecular weight is 306 g/mol. The molecular formula is C14H12ClN3OS. The second-order valence-corrected chi connectivity index (χ2v) is 6.16. The summed E-state index contributed by atoms with van der Waals surface area (Å²) in [6.07, 6.45) is 3.43. The molecule has 3 heterocycles. The molecule has 3 aromatic heterocycles. The van der Waals surface area contributed by atoms with Gasteiger partial charge in [-0.3, -0.25) is 4.79 Å². The number of hydrogen-bond acceptors (Lipinski definition) is 4.